The second-order valence-corrected chi connectivity index (χ2v) is 14.5. The minimum absolute atomic E-state index is 0.132. The molecular weight excluding hydrogens is 685 g/mol. The van der Waals surface area contributed by atoms with E-state index in [2.05, 4.69) is 67.0 Å². The van der Waals surface area contributed by atoms with Crippen LogP contribution < -0.4 is 5.73 Å². The van der Waals surface area contributed by atoms with Gasteiger partial charge in [0.05, 0.1) is 13.2 Å². The van der Waals surface area contributed by atoms with E-state index in [-0.39, 0.29) is 19.4 Å². The Labute approximate surface area is 314 Å². The van der Waals surface area contributed by atoms with E-state index in [0.29, 0.717) is 12.8 Å². The number of hydrogen-bond donors (Lipinski definition) is 3. The molecule has 0 aliphatic heterocycles. The molecule has 0 rings (SSSR count). The highest BCUT2D eigenvalue weighted by atomic mass is 31.2. The quantitative estimate of drug-likeness (QED) is 0.0241. The molecule has 0 aliphatic carbocycles. The van der Waals surface area contributed by atoms with Gasteiger partial charge in [-0.05, 0) is 70.6 Å². The van der Waals surface area contributed by atoms with Gasteiger partial charge in [-0.3, -0.25) is 23.4 Å². The molecular formula is C40H70NO10P. The Morgan fingerprint density at radius 1 is 0.596 bits per heavy atom. The number of esters is 2. The predicted molar refractivity (Wildman–Crippen MR) is 208 cm³/mol. The van der Waals surface area contributed by atoms with Crippen molar-refractivity contribution in [3.8, 4) is 0 Å². The Morgan fingerprint density at radius 3 is 1.60 bits per heavy atom. The SMILES string of the molecule is CCCCC=CCCCCCCCC(=O)OCC(COP(=O)(O)OCC(N)C(=O)O)OC(=O)CCCCCCC=CCC=CCC=CCCCCC. The van der Waals surface area contributed by atoms with E-state index < -0.39 is 51.1 Å². The topological polar surface area (TPSA) is 172 Å². The number of nitrogens with two attached hydrogens (primary N) is 1. The number of hydrogen-bond acceptors (Lipinski definition) is 9. The third-order valence-corrected chi connectivity index (χ3v) is 9.00. The van der Waals surface area contributed by atoms with Crippen LogP contribution >= 0.6 is 7.82 Å². The lowest BCUT2D eigenvalue weighted by Crippen LogP contribution is -2.34. The van der Waals surface area contributed by atoms with Gasteiger partial charge in [0, 0.05) is 12.8 Å². The van der Waals surface area contributed by atoms with Crippen molar-refractivity contribution in [1.82, 2.24) is 0 Å². The molecule has 0 aromatic heterocycles. The van der Waals surface area contributed by atoms with Crippen LogP contribution in [0.3, 0.4) is 0 Å². The monoisotopic (exact) mass is 755 g/mol. The van der Waals surface area contributed by atoms with Gasteiger partial charge in [0.15, 0.2) is 6.10 Å². The lowest BCUT2D eigenvalue weighted by molar-refractivity contribution is -0.161. The first-order chi connectivity index (χ1) is 25.1. The van der Waals surface area contributed by atoms with Gasteiger partial charge < -0.3 is 25.2 Å². The number of carboxylic acids is 1. The molecule has 0 spiro atoms. The Kier molecular flexibility index (Phi) is 33.7. The lowest BCUT2D eigenvalue weighted by atomic mass is 10.1. The first-order valence-corrected chi connectivity index (χ1v) is 21.2. The van der Waals surface area contributed by atoms with Crippen molar-refractivity contribution in [3.63, 3.8) is 0 Å². The van der Waals surface area contributed by atoms with Crippen molar-refractivity contribution < 1.29 is 47.5 Å². The number of rotatable bonds is 36. The molecule has 0 saturated carbocycles. The number of carboxylic acid groups (broad SMARTS) is 1. The number of carbonyl (C=O) groups is 3. The first-order valence-electron chi connectivity index (χ1n) is 19.7. The molecule has 0 radical (unpaired) electrons. The minimum Gasteiger partial charge on any atom is -0.480 e. The maximum atomic E-state index is 12.6. The molecule has 0 aliphatic rings. The zero-order chi connectivity index (χ0) is 38.5. The van der Waals surface area contributed by atoms with E-state index in [1.807, 2.05) is 0 Å². The van der Waals surface area contributed by atoms with Crippen LogP contribution in [0.25, 0.3) is 0 Å². The number of phosphoric ester groups is 1. The highest BCUT2D eigenvalue weighted by molar-refractivity contribution is 7.47. The molecule has 0 fully saturated rings. The van der Waals surface area contributed by atoms with Crippen LogP contribution in [0.2, 0.25) is 0 Å². The highest BCUT2D eigenvalue weighted by Crippen LogP contribution is 2.43. The number of ether oxygens (including phenoxy) is 2. The summed E-state index contributed by atoms with van der Waals surface area (Å²) >= 11 is 0. The third kappa shape index (κ3) is 34.5. The maximum Gasteiger partial charge on any atom is 0.472 e. The van der Waals surface area contributed by atoms with E-state index in [4.69, 9.17) is 24.8 Å². The van der Waals surface area contributed by atoms with Crippen molar-refractivity contribution in [2.45, 2.75) is 167 Å². The molecule has 0 saturated heterocycles. The standard InChI is InChI=1S/C40H70NO10P/c1-3-5-7-9-11-13-15-16-17-18-19-20-22-24-26-28-30-32-39(43)51-36(34-49-52(46,47)50-35-37(41)40(44)45)33-48-38(42)31-29-27-25-23-21-14-12-10-8-6-4-2/h10-13,16-17,19-20,36-37H,3-9,14-15,18,21-35,41H2,1-2H3,(H,44,45)(H,46,47). The maximum absolute atomic E-state index is 12.6. The fourth-order valence-electron chi connectivity index (χ4n) is 4.87. The number of carbonyl (C=O) groups excluding carboxylic acids is 2. The van der Waals surface area contributed by atoms with E-state index in [1.165, 1.54) is 32.1 Å². The predicted octanol–water partition coefficient (Wildman–Crippen LogP) is 9.83. The van der Waals surface area contributed by atoms with E-state index in [9.17, 15) is 23.8 Å². The van der Waals surface area contributed by atoms with Gasteiger partial charge in [0.2, 0.25) is 0 Å². The lowest BCUT2D eigenvalue weighted by Gasteiger charge is -2.20. The summed E-state index contributed by atoms with van der Waals surface area (Å²) < 4.78 is 32.5. The van der Waals surface area contributed by atoms with Gasteiger partial charge in [-0.15, -0.1) is 0 Å². The Morgan fingerprint density at radius 2 is 1.04 bits per heavy atom. The Balaban J connectivity index is 4.48. The second kappa shape index (κ2) is 35.5. The van der Waals surface area contributed by atoms with Crippen LogP contribution in [-0.4, -0.2) is 59.9 Å². The Hall–Kier alpha value is -2.56. The molecule has 0 aromatic rings. The van der Waals surface area contributed by atoms with Crippen LogP contribution in [0.15, 0.2) is 48.6 Å². The summed E-state index contributed by atoms with van der Waals surface area (Å²) in [5, 5.41) is 8.86. The molecule has 0 heterocycles. The van der Waals surface area contributed by atoms with Crippen LogP contribution in [0.4, 0.5) is 0 Å². The van der Waals surface area contributed by atoms with E-state index in [0.717, 1.165) is 83.5 Å². The summed E-state index contributed by atoms with van der Waals surface area (Å²) in [7, 11) is -4.72. The largest absolute Gasteiger partial charge is 0.480 e. The van der Waals surface area contributed by atoms with Crippen LogP contribution in [0, 0.1) is 0 Å². The van der Waals surface area contributed by atoms with Crippen LogP contribution in [-0.2, 0) is 37.5 Å². The van der Waals surface area contributed by atoms with E-state index >= 15 is 0 Å². The second-order valence-electron chi connectivity index (χ2n) is 13.1. The molecule has 11 nitrogen and oxygen atoms in total. The van der Waals surface area contributed by atoms with Crippen molar-refractivity contribution in [2.24, 2.45) is 5.73 Å². The van der Waals surface area contributed by atoms with Crippen LogP contribution in [0.5, 0.6) is 0 Å². The third-order valence-electron chi connectivity index (χ3n) is 8.05. The number of unbranched alkanes of at least 4 members (excludes halogenated alkanes) is 14. The summed E-state index contributed by atoms with van der Waals surface area (Å²) in [5.41, 5.74) is 5.31. The molecule has 3 unspecified atom stereocenters. The molecule has 300 valence electrons. The van der Waals surface area contributed by atoms with Gasteiger partial charge in [-0.25, -0.2) is 4.57 Å². The normalized spacial score (nSPS) is 14.4. The number of allylic oxidation sites excluding steroid dienone is 8. The highest BCUT2D eigenvalue weighted by Gasteiger charge is 2.28. The van der Waals surface area contributed by atoms with Crippen molar-refractivity contribution >= 4 is 25.7 Å². The molecule has 0 amide bonds. The first kappa shape index (κ1) is 49.4. The summed E-state index contributed by atoms with van der Waals surface area (Å²) in [5.74, 6) is -2.43. The average Bonchev–Trinajstić information content (AvgIpc) is 3.12. The van der Waals surface area contributed by atoms with Crippen LogP contribution in [0.1, 0.15) is 155 Å². The van der Waals surface area contributed by atoms with E-state index in [1.54, 1.807) is 0 Å². The fourth-order valence-corrected chi connectivity index (χ4v) is 5.65. The summed E-state index contributed by atoms with van der Waals surface area (Å²) in [6.45, 7) is 2.68. The summed E-state index contributed by atoms with van der Waals surface area (Å²) in [6, 6.07) is -1.53. The molecule has 0 bridgehead atoms. The molecule has 12 heteroatoms. The molecule has 4 N–H and O–H groups in total. The van der Waals surface area contributed by atoms with Crippen molar-refractivity contribution in [2.75, 3.05) is 19.8 Å². The summed E-state index contributed by atoms with van der Waals surface area (Å²) in [6.07, 6.45) is 37.5. The van der Waals surface area contributed by atoms with Crippen molar-refractivity contribution in [1.29, 1.82) is 0 Å². The van der Waals surface area contributed by atoms with Gasteiger partial charge >= 0.3 is 25.7 Å². The van der Waals surface area contributed by atoms with Crippen molar-refractivity contribution in [3.05, 3.63) is 48.6 Å². The average molecular weight is 756 g/mol. The number of aliphatic carboxylic acids is 1. The molecule has 0 aromatic carbocycles. The Bertz CT molecular complexity index is 1070. The van der Waals surface area contributed by atoms with Gasteiger partial charge in [0.25, 0.3) is 0 Å². The summed E-state index contributed by atoms with van der Waals surface area (Å²) in [4.78, 5) is 45.7. The van der Waals surface area contributed by atoms with Gasteiger partial charge in [0.1, 0.15) is 12.6 Å². The zero-order valence-corrected chi connectivity index (χ0v) is 33.0. The minimum atomic E-state index is -4.72. The smallest absolute Gasteiger partial charge is 0.472 e. The zero-order valence-electron chi connectivity index (χ0n) is 32.1. The van der Waals surface area contributed by atoms with Gasteiger partial charge in [-0.1, -0.05) is 120 Å². The number of phosphoric acid groups is 1. The van der Waals surface area contributed by atoms with Gasteiger partial charge in [-0.2, -0.15) is 0 Å². The molecule has 52 heavy (non-hydrogen) atoms. The molecule has 3 atom stereocenters. The fraction of sp³-hybridized carbons (Fsp3) is 0.725.